The number of benzene rings is 1. The van der Waals surface area contributed by atoms with E-state index in [0.29, 0.717) is 31.1 Å². The van der Waals surface area contributed by atoms with Gasteiger partial charge in [-0.15, -0.1) is 0 Å². The van der Waals surface area contributed by atoms with Gasteiger partial charge in [0.2, 0.25) is 0 Å². The molecule has 2 aromatic heterocycles. The van der Waals surface area contributed by atoms with E-state index in [1.54, 1.807) is 25.1 Å². The number of ether oxygens (including phenoxy) is 1. The molecule has 1 aliphatic rings. The highest BCUT2D eigenvalue weighted by molar-refractivity contribution is 7.17. The number of nitrogens with zero attached hydrogens (tertiary/aromatic N) is 2. The summed E-state index contributed by atoms with van der Waals surface area (Å²) in [6.45, 7) is 5.30. The van der Waals surface area contributed by atoms with E-state index in [1.165, 1.54) is 11.3 Å². The van der Waals surface area contributed by atoms with Crippen LogP contribution in [0.2, 0.25) is 0 Å². The van der Waals surface area contributed by atoms with E-state index in [4.69, 9.17) is 4.74 Å². The number of thiazole rings is 1. The maximum Gasteiger partial charge on any atom is 0.335 e. The molecule has 0 saturated carbocycles. The number of ketones is 1. The molecule has 1 saturated heterocycles. The second kappa shape index (κ2) is 7.37. The molecule has 0 spiro atoms. The summed E-state index contributed by atoms with van der Waals surface area (Å²) in [5.74, 6) is -0.907. The summed E-state index contributed by atoms with van der Waals surface area (Å²) in [7, 11) is 0. The highest BCUT2D eigenvalue weighted by Gasteiger charge is 2.28. The van der Waals surface area contributed by atoms with Crippen molar-refractivity contribution in [3.63, 3.8) is 0 Å². The van der Waals surface area contributed by atoms with Crippen LogP contribution < -0.4 is 4.90 Å². The number of aromatic carboxylic acids is 1. The molecule has 0 amide bonds. The van der Waals surface area contributed by atoms with Crippen molar-refractivity contribution in [3.8, 4) is 0 Å². The molecule has 3 heterocycles. The Hall–Kier alpha value is -2.71. The first-order valence-electron chi connectivity index (χ1n) is 9.10. The van der Waals surface area contributed by atoms with Gasteiger partial charge in [-0.3, -0.25) is 4.79 Å². The number of aromatic amines is 1. The Morgan fingerprint density at radius 1 is 1.43 bits per heavy atom. The van der Waals surface area contributed by atoms with Gasteiger partial charge in [0.15, 0.2) is 10.9 Å². The molecular formula is C20H21N3O4S. The quantitative estimate of drug-likeness (QED) is 0.639. The summed E-state index contributed by atoms with van der Waals surface area (Å²) >= 11 is 1.42. The van der Waals surface area contributed by atoms with Gasteiger partial charge >= 0.3 is 5.97 Å². The number of anilines is 1. The minimum atomic E-state index is -0.938. The van der Waals surface area contributed by atoms with Gasteiger partial charge in [0.25, 0.3) is 0 Å². The van der Waals surface area contributed by atoms with Crippen LogP contribution in [0.5, 0.6) is 0 Å². The van der Waals surface area contributed by atoms with E-state index < -0.39 is 5.97 Å². The van der Waals surface area contributed by atoms with Gasteiger partial charge in [-0.2, -0.15) is 0 Å². The topological polar surface area (TPSA) is 95.5 Å². The summed E-state index contributed by atoms with van der Waals surface area (Å²) in [5.41, 5.74) is 2.98. The molecule has 0 radical (unpaired) electrons. The lowest BCUT2D eigenvalue weighted by Crippen LogP contribution is -2.46. The van der Waals surface area contributed by atoms with Crippen molar-refractivity contribution in [2.45, 2.75) is 26.3 Å². The fraction of sp³-hybridized carbons (Fsp3) is 0.350. The number of rotatable bonds is 5. The number of carbonyl (C=O) groups is 2. The molecule has 0 unspecified atom stereocenters. The predicted molar refractivity (Wildman–Crippen MR) is 108 cm³/mol. The van der Waals surface area contributed by atoms with Crippen molar-refractivity contribution < 1.29 is 19.4 Å². The third kappa shape index (κ3) is 3.41. The van der Waals surface area contributed by atoms with Crippen molar-refractivity contribution in [3.05, 3.63) is 46.1 Å². The number of morpholine rings is 1. The fourth-order valence-corrected chi connectivity index (χ4v) is 4.70. The van der Waals surface area contributed by atoms with Crippen LogP contribution in [0.3, 0.4) is 0 Å². The summed E-state index contributed by atoms with van der Waals surface area (Å²) < 4.78 is 5.71. The van der Waals surface area contributed by atoms with Crippen molar-refractivity contribution in [1.29, 1.82) is 0 Å². The lowest BCUT2D eigenvalue weighted by atomic mass is 10.0. The van der Waals surface area contributed by atoms with Gasteiger partial charge in [-0.25, -0.2) is 9.78 Å². The monoisotopic (exact) mass is 399 g/mol. The van der Waals surface area contributed by atoms with Crippen molar-refractivity contribution in [2.75, 3.05) is 24.7 Å². The van der Waals surface area contributed by atoms with Crippen molar-refractivity contribution >= 4 is 39.1 Å². The molecule has 0 bridgehead atoms. The van der Waals surface area contributed by atoms with Crippen LogP contribution in [0, 0.1) is 6.92 Å². The Balaban J connectivity index is 1.65. The van der Waals surface area contributed by atoms with E-state index in [0.717, 1.165) is 27.3 Å². The number of nitrogens with one attached hydrogen (secondary N) is 1. The van der Waals surface area contributed by atoms with E-state index >= 15 is 0 Å². The number of fused-ring (bicyclic) bond motifs is 1. The number of hydrogen-bond donors (Lipinski definition) is 2. The SMILES string of the molecule is CC(=O)c1sc(N2CCOC[C@@H]2Cc2c[nH]c3ccc(C(=O)O)cc23)nc1C. The number of H-pyrrole nitrogens is 1. The van der Waals surface area contributed by atoms with Gasteiger partial charge in [-0.1, -0.05) is 11.3 Å². The molecular weight excluding hydrogens is 378 g/mol. The van der Waals surface area contributed by atoms with Crippen LogP contribution in [-0.2, 0) is 11.2 Å². The van der Waals surface area contributed by atoms with Crippen LogP contribution in [0.15, 0.2) is 24.4 Å². The summed E-state index contributed by atoms with van der Waals surface area (Å²) in [6.07, 6.45) is 2.62. The first kappa shape index (κ1) is 18.6. The second-order valence-corrected chi connectivity index (χ2v) is 7.95. The number of aryl methyl sites for hydroxylation is 1. The Morgan fingerprint density at radius 3 is 2.96 bits per heavy atom. The molecule has 7 nitrogen and oxygen atoms in total. The van der Waals surface area contributed by atoms with Crippen LogP contribution >= 0.6 is 11.3 Å². The van der Waals surface area contributed by atoms with E-state index in [1.807, 2.05) is 13.1 Å². The van der Waals surface area contributed by atoms with Crippen LogP contribution in [0.1, 0.15) is 38.2 Å². The average Bonchev–Trinajstić information content (AvgIpc) is 3.25. The number of hydrogen-bond acceptors (Lipinski definition) is 6. The Kier molecular flexibility index (Phi) is 4.91. The van der Waals surface area contributed by atoms with Crippen LogP contribution in [-0.4, -0.2) is 52.6 Å². The zero-order chi connectivity index (χ0) is 19.8. The van der Waals surface area contributed by atoms with Crippen LogP contribution in [0.4, 0.5) is 5.13 Å². The zero-order valence-corrected chi connectivity index (χ0v) is 16.5. The number of carboxylic acid groups (broad SMARTS) is 1. The normalized spacial score (nSPS) is 17.2. The number of Topliss-reactive ketones (excluding diaryl/α,β-unsaturated/α-hetero) is 1. The molecule has 2 N–H and O–H groups in total. The first-order valence-corrected chi connectivity index (χ1v) is 9.91. The second-order valence-electron chi connectivity index (χ2n) is 6.97. The molecule has 1 aromatic carbocycles. The Morgan fingerprint density at radius 2 is 2.25 bits per heavy atom. The number of carbonyl (C=O) groups excluding carboxylic acids is 1. The summed E-state index contributed by atoms with van der Waals surface area (Å²) in [4.78, 5) is 33.9. The third-order valence-corrected chi connectivity index (χ3v) is 6.34. The van der Waals surface area contributed by atoms with E-state index in [9.17, 15) is 14.7 Å². The smallest absolute Gasteiger partial charge is 0.335 e. The largest absolute Gasteiger partial charge is 0.478 e. The third-order valence-electron chi connectivity index (χ3n) is 5.05. The summed E-state index contributed by atoms with van der Waals surface area (Å²) in [6, 6.07) is 5.16. The van der Waals surface area contributed by atoms with Crippen molar-refractivity contribution in [2.24, 2.45) is 0 Å². The van der Waals surface area contributed by atoms with Gasteiger partial charge in [0.05, 0.1) is 35.4 Å². The molecule has 146 valence electrons. The Bertz CT molecular complexity index is 1060. The van der Waals surface area contributed by atoms with Gasteiger partial charge < -0.3 is 19.7 Å². The standard InChI is InChI=1S/C20H21N3O4S/c1-11-18(12(2)24)28-20(22-11)23-5-6-27-10-15(23)7-14-9-21-17-4-3-13(19(25)26)8-16(14)17/h3-4,8-9,15,21H,5-7,10H2,1-2H3,(H,25,26)/t15-/m0/s1. The van der Waals surface area contributed by atoms with Gasteiger partial charge in [0, 0.05) is 30.6 Å². The van der Waals surface area contributed by atoms with E-state index in [-0.39, 0.29) is 17.4 Å². The lowest BCUT2D eigenvalue weighted by Gasteiger charge is -2.35. The molecule has 1 fully saturated rings. The first-order chi connectivity index (χ1) is 13.4. The zero-order valence-electron chi connectivity index (χ0n) is 15.7. The van der Waals surface area contributed by atoms with Gasteiger partial charge in [-0.05, 0) is 37.1 Å². The molecule has 1 atom stereocenters. The molecule has 3 aromatic rings. The molecule has 0 aliphatic carbocycles. The van der Waals surface area contributed by atoms with Crippen LogP contribution in [0.25, 0.3) is 10.9 Å². The minimum Gasteiger partial charge on any atom is -0.478 e. The molecule has 1 aliphatic heterocycles. The Labute approximate surface area is 166 Å². The average molecular weight is 399 g/mol. The van der Waals surface area contributed by atoms with E-state index in [2.05, 4.69) is 14.9 Å². The highest BCUT2D eigenvalue weighted by atomic mass is 32.1. The minimum absolute atomic E-state index is 0.0314. The predicted octanol–water partition coefficient (Wildman–Crippen LogP) is 3.28. The number of aromatic nitrogens is 2. The summed E-state index contributed by atoms with van der Waals surface area (Å²) in [5, 5.41) is 11.0. The fourth-order valence-electron chi connectivity index (χ4n) is 3.64. The number of carboxylic acids is 1. The highest BCUT2D eigenvalue weighted by Crippen LogP contribution is 2.31. The maximum absolute atomic E-state index is 11.8. The molecule has 4 rings (SSSR count). The molecule has 28 heavy (non-hydrogen) atoms. The van der Waals surface area contributed by atoms with Gasteiger partial charge in [0.1, 0.15) is 0 Å². The van der Waals surface area contributed by atoms with Crippen molar-refractivity contribution in [1.82, 2.24) is 9.97 Å². The molecule has 8 heteroatoms. The maximum atomic E-state index is 11.8. The lowest BCUT2D eigenvalue weighted by molar-refractivity contribution is 0.0696.